The molecule has 1 saturated heterocycles. The fraction of sp³-hybridized carbons (Fsp3) is 0.765. The first-order chi connectivity index (χ1) is 9.81. The Kier molecular flexibility index (Phi) is 4.74. The molecule has 1 fully saturated rings. The summed E-state index contributed by atoms with van der Waals surface area (Å²) in [5, 5.41) is 3.42. The summed E-state index contributed by atoms with van der Waals surface area (Å²) in [6.07, 6.45) is 1.10. The topological polar surface area (TPSA) is 41.0 Å². The van der Waals surface area contributed by atoms with Gasteiger partial charge in [-0.15, -0.1) is 0 Å². The minimum Gasteiger partial charge on any atom is -0.370 e. The first kappa shape index (κ1) is 16.1. The van der Waals surface area contributed by atoms with Crippen LogP contribution in [0.3, 0.4) is 0 Å². The molecule has 0 saturated carbocycles. The van der Waals surface area contributed by atoms with E-state index < -0.39 is 0 Å². The molecule has 0 aromatic carbocycles. The van der Waals surface area contributed by atoms with Gasteiger partial charge in [-0.1, -0.05) is 41.5 Å². The van der Waals surface area contributed by atoms with E-state index in [0.29, 0.717) is 0 Å². The molecule has 4 heteroatoms. The maximum Gasteiger partial charge on any atom is 0.138 e. The Balaban J connectivity index is 2.31. The SMILES string of the molecule is CCCNc1cc(N2CC(C)C(C)C2)nc(C(C)(C)C)n1. The van der Waals surface area contributed by atoms with Crippen LogP contribution in [0.25, 0.3) is 0 Å². The average Bonchev–Trinajstić information content (AvgIpc) is 2.75. The minimum atomic E-state index is -0.0321. The third kappa shape index (κ3) is 3.86. The molecule has 2 rings (SSSR count). The second kappa shape index (κ2) is 6.20. The number of rotatable bonds is 4. The number of anilines is 2. The summed E-state index contributed by atoms with van der Waals surface area (Å²) in [4.78, 5) is 11.9. The number of hydrogen-bond donors (Lipinski definition) is 1. The molecule has 2 heterocycles. The number of hydrogen-bond acceptors (Lipinski definition) is 4. The largest absolute Gasteiger partial charge is 0.370 e. The van der Waals surface area contributed by atoms with E-state index in [1.165, 1.54) is 0 Å². The Bertz CT molecular complexity index is 468. The van der Waals surface area contributed by atoms with Crippen LogP contribution < -0.4 is 10.2 Å². The van der Waals surface area contributed by atoms with Gasteiger partial charge >= 0.3 is 0 Å². The smallest absolute Gasteiger partial charge is 0.138 e. The molecule has 21 heavy (non-hydrogen) atoms. The van der Waals surface area contributed by atoms with E-state index in [2.05, 4.69) is 57.8 Å². The highest BCUT2D eigenvalue weighted by molar-refractivity contribution is 5.50. The monoisotopic (exact) mass is 290 g/mol. The van der Waals surface area contributed by atoms with E-state index >= 15 is 0 Å². The van der Waals surface area contributed by atoms with Gasteiger partial charge in [-0.2, -0.15) is 0 Å². The third-order valence-electron chi connectivity index (χ3n) is 4.25. The van der Waals surface area contributed by atoms with E-state index in [9.17, 15) is 0 Å². The molecule has 0 amide bonds. The van der Waals surface area contributed by atoms with Crippen molar-refractivity contribution in [2.24, 2.45) is 11.8 Å². The molecule has 1 aromatic heterocycles. The fourth-order valence-corrected chi connectivity index (χ4v) is 2.59. The van der Waals surface area contributed by atoms with E-state index in [-0.39, 0.29) is 5.41 Å². The van der Waals surface area contributed by atoms with Gasteiger partial charge in [-0.3, -0.25) is 0 Å². The molecule has 4 nitrogen and oxygen atoms in total. The van der Waals surface area contributed by atoms with Crippen molar-refractivity contribution >= 4 is 11.6 Å². The second-order valence-electron chi connectivity index (χ2n) is 7.47. The Labute approximate surface area is 129 Å². The first-order valence-corrected chi connectivity index (χ1v) is 8.19. The summed E-state index contributed by atoms with van der Waals surface area (Å²) >= 11 is 0. The molecular weight excluding hydrogens is 260 g/mol. The highest BCUT2D eigenvalue weighted by Gasteiger charge is 2.28. The summed E-state index contributed by atoms with van der Waals surface area (Å²) < 4.78 is 0. The first-order valence-electron chi connectivity index (χ1n) is 8.19. The second-order valence-corrected chi connectivity index (χ2v) is 7.47. The van der Waals surface area contributed by atoms with Crippen LogP contribution >= 0.6 is 0 Å². The molecule has 118 valence electrons. The van der Waals surface area contributed by atoms with E-state index in [1.54, 1.807) is 0 Å². The summed E-state index contributed by atoms with van der Waals surface area (Å²) in [6, 6.07) is 2.11. The van der Waals surface area contributed by atoms with Gasteiger partial charge in [0.15, 0.2) is 0 Å². The average molecular weight is 290 g/mol. The fourth-order valence-electron chi connectivity index (χ4n) is 2.59. The van der Waals surface area contributed by atoms with Crippen LogP contribution in [0.1, 0.15) is 53.8 Å². The highest BCUT2D eigenvalue weighted by atomic mass is 15.2. The van der Waals surface area contributed by atoms with Gasteiger partial charge < -0.3 is 10.2 Å². The predicted molar refractivity (Wildman–Crippen MR) is 90.1 cm³/mol. The lowest BCUT2D eigenvalue weighted by atomic mass is 9.96. The van der Waals surface area contributed by atoms with Crippen LogP contribution in [0.2, 0.25) is 0 Å². The molecule has 1 aliphatic heterocycles. The minimum absolute atomic E-state index is 0.0321. The lowest BCUT2D eigenvalue weighted by Crippen LogP contribution is -2.25. The number of nitrogens with zero attached hydrogens (tertiary/aromatic N) is 3. The standard InChI is InChI=1S/C17H30N4/c1-7-8-18-14-9-15(20-16(19-14)17(4,5)6)21-10-12(2)13(3)11-21/h9,12-13H,7-8,10-11H2,1-6H3,(H,18,19,20). The quantitative estimate of drug-likeness (QED) is 0.918. The number of aromatic nitrogens is 2. The lowest BCUT2D eigenvalue weighted by molar-refractivity contribution is 0.494. The maximum atomic E-state index is 4.84. The van der Waals surface area contributed by atoms with Crippen molar-refractivity contribution in [3.8, 4) is 0 Å². The van der Waals surface area contributed by atoms with Crippen molar-refractivity contribution in [1.82, 2.24) is 9.97 Å². The van der Waals surface area contributed by atoms with Crippen molar-refractivity contribution in [2.45, 2.75) is 53.4 Å². The van der Waals surface area contributed by atoms with Crippen molar-refractivity contribution in [3.05, 3.63) is 11.9 Å². The van der Waals surface area contributed by atoms with Gasteiger partial charge in [0.25, 0.3) is 0 Å². The van der Waals surface area contributed by atoms with Gasteiger partial charge in [0.05, 0.1) is 0 Å². The maximum absolute atomic E-state index is 4.84. The summed E-state index contributed by atoms with van der Waals surface area (Å²) in [5.41, 5.74) is -0.0321. The zero-order valence-corrected chi connectivity index (χ0v) is 14.4. The summed E-state index contributed by atoms with van der Waals surface area (Å²) in [7, 11) is 0. The Morgan fingerprint density at radius 1 is 1.19 bits per heavy atom. The molecule has 0 radical (unpaired) electrons. The van der Waals surface area contributed by atoms with Crippen LogP contribution in [0.15, 0.2) is 6.07 Å². The molecule has 0 aliphatic carbocycles. The predicted octanol–water partition coefficient (Wildman–Crippen LogP) is 3.69. The van der Waals surface area contributed by atoms with Gasteiger partial charge in [0, 0.05) is 31.1 Å². The molecular formula is C17H30N4. The van der Waals surface area contributed by atoms with Gasteiger partial charge in [0.1, 0.15) is 17.5 Å². The van der Waals surface area contributed by atoms with Crippen LogP contribution in [0.5, 0.6) is 0 Å². The van der Waals surface area contributed by atoms with Crippen molar-refractivity contribution in [2.75, 3.05) is 29.9 Å². The van der Waals surface area contributed by atoms with Crippen molar-refractivity contribution in [1.29, 1.82) is 0 Å². The molecule has 2 atom stereocenters. The van der Waals surface area contributed by atoms with Gasteiger partial charge in [-0.05, 0) is 18.3 Å². The van der Waals surface area contributed by atoms with E-state index in [0.717, 1.165) is 55.4 Å². The Hall–Kier alpha value is -1.32. The summed E-state index contributed by atoms with van der Waals surface area (Å²) in [5.74, 6) is 4.41. The van der Waals surface area contributed by atoms with Crippen LogP contribution in [-0.2, 0) is 5.41 Å². The van der Waals surface area contributed by atoms with Crippen LogP contribution in [-0.4, -0.2) is 29.6 Å². The lowest BCUT2D eigenvalue weighted by Gasteiger charge is -2.23. The molecule has 1 aromatic rings. The zero-order valence-electron chi connectivity index (χ0n) is 14.4. The molecule has 0 spiro atoms. The van der Waals surface area contributed by atoms with Crippen LogP contribution in [0, 0.1) is 11.8 Å². The number of nitrogens with one attached hydrogen (secondary N) is 1. The van der Waals surface area contributed by atoms with E-state index in [4.69, 9.17) is 9.97 Å². The van der Waals surface area contributed by atoms with Crippen LogP contribution in [0.4, 0.5) is 11.6 Å². The van der Waals surface area contributed by atoms with Gasteiger partial charge in [0.2, 0.25) is 0 Å². The molecule has 0 bridgehead atoms. The Morgan fingerprint density at radius 2 is 1.81 bits per heavy atom. The molecule has 1 aliphatic rings. The molecule has 2 unspecified atom stereocenters. The van der Waals surface area contributed by atoms with E-state index in [1.807, 2.05) is 0 Å². The van der Waals surface area contributed by atoms with Gasteiger partial charge in [-0.25, -0.2) is 9.97 Å². The zero-order chi connectivity index (χ0) is 15.6. The third-order valence-corrected chi connectivity index (χ3v) is 4.25. The Morgan fingerprint density at radius 3 is 2.33 bits per heavy atom. The van der Waals surface area contributed by atoms with Crippen molar-refractivity contribution < 1.29 is 0 Å². The highest BCUT2D eigenvalue weighted by Crippen LogP contribution is 2.29. The normalized spacial score (nSPS) is 22.7. The van der Waals surface area contributed by atoms with Crippen molar-refractivity contribution in [3.63, 3.8) is 0 Å². The summed E-state index contributed by atoms with van der Waals surface area (Å²) in [6.45, 7) is 16.5. The molecule has 1 N–H and O–H groups in total.